The van der Waals surface area contributed by atoms with Crippen LogP contribution in [0.15, 0.2) is 42.5 Å². The van der Waals surface area contributed by atoms with Crippen molar-refractivity contribution in [3.63, 3.8) is 0 Å². The fourth-order valence-electron chi connectivity index (χ4n) is 3.67. The molecule has 1 amide bonds. The summed E-state index contributed by atoms with van der Waals surface area (Å²) in [5.41, 5.74) is 5.56. The van der Waals surface area contributed by atoms with Gasteiger partial charge in [-0.1, -0.05) is 53.2 Å². The fraction of sp³-hybridized carbons (Fsp3) is 0.280. The normalized spacial score (nSPS) is 15.6. The first-order valence-corrected chi connectivity index (χ1v) is 15.2. The first kappa shape index (κ1) is 29.1. The van der Waals surface area contributed by atoms with Crippen LogP contribution < -0.4 is 5.43 Å². The molecule has 1 aromatic heterocycles. The lowest BCUT2D eigenvalue weighted by Gasteiger charge is -2.40. The molecule has 0 aliphatic carbocycles. The Morgan fingerprint density at radius 2 is 1.92 bits per heavy atom. The van der Waals surface area contributed by atoms with Crippen LogP contribution in [0.3, 0.4) is 0 Å². The molecule has 0 radical (unpaired) electrons. The van der Waals surface area contributed by atoms with Crippen LogP contribution in [0.5, 0.6) is 0 Å². The molecule has 1 aliphatic heterocycles. The molecule has 0 atom stereocenters. The van der Waals surface area contributed by atoms with Gasteiger partial charge in [0, 0.05) is 41.2 Å². The quantitative estimate of drug-likeness (QED) is 0.125. The van der Waals surface area contributed by atoms with Crippen LogP contribution >= 0.6 is 45.1 Å². The maximum atomic E-state index is 13.1. The molecule has 10 nitrogen and oxygen atoms in total. The van der Waals surface area contributed by atoms with Gasteiger partial charge < -0.3 is 4.84 Å². The van der Waals surface area contributed by atoms with Crippen molar-refractivity contribution in [1.29, 1.82) is 0 Å². The molecular formula is C25H24Cl2N4O6S2. The van der Waals surface area contributed by atoms with Gasteiger partial charge in [0.25, 0.3) is 11.0 Å². The molecular weight excluding hydrogens is 587 g/mol. The molecule has 0 spiro atoms. The third-order valence-electron chi connectivity index (χ3n) is 5.67. The van der Waals surface area contributed by atoms with E-state index in [1.807, 2.05) is 24.3 Å². The zero-order valence-electron chi connectivity index (χ0n) is 20.4. The molecule has 14 heteroatoms. The van der Waals surface area contributed by atoms with Crippen molar-refractivity contribution in [3.05, 3.63) is 73.2 Å². The maximum absolute atomic E-state index is 13.1. The predicted molar refractivity (Wildman–Crippen MR) is 154 cm³/mol. The van der Waals surface area contributed by atoms with Gasteiger partial charge in [-0.2, -0.15) is 10.6 Å². The van der Waals surface area contributed by atoms with Crippen LogP contribution in [0.1, 0.15) is 28.2 Å². The Balaban J connectivity index is 1.56. The predicted octanol–water partition coefficient (Wildman–Crippen LogP) is 5.83. The van der Waals surface area contributed by atoms with Crippen molar-refractivity contribution in [2.24, 2.45) is 0 Å². The third kappa shape index (κ3) is 8.06. The van der Waals surface area contributed by atoms with Crippen molar-refractivity contribution in [2.45, 2.75) is 12.8 Å². The number of rotatable bonds is 8. The number of hydrazine groups is 1. The van der Waals surface area contributed by atoms with Crippen molar-refractivity contribution >= 4 is 51.0 Å². The number of carbonyl (C=O) groups excluding carboxylic acids is 1. The summed E-state index contributed by atoms with van der Waals surface area (Å²) >= 11 is 13.8. The smallest absolute Gasteiger partial charge is 0.294 e. The number of aromatic nitrogens is 1. The lowest BCUT2D eigenvalue weighted by atomic mass is 10.0. The molecule has 1 saturated heterocycles. The first-order chi connectivity index (χ1) is 18.6. The van der Waals surface area contributed by atoms with Crippen molar-refractivity contribution in [3.8, 4) is 33.5 Å². The summed E-state index contributed by atoms with van der Waals surface area (Å²) in [5, 5.41) is 12.2. The largest absolute Gasteiger partial charge is 0.314 e. The van der Waals surface area contributed by atoms with Gasteiger partial charge in [0.15, 0.2) is 5.01 Å². The van der Waals surface area contributed by atoms with Crippen LogP contribution in [0.25, 0.3) is 21.7 Å². The Morgan fingerprint density at radius 1 is 1.21 bits per heavy atom. The standard InChI is InChI=1S/C25H24Cl2N4O6S2/c26-19-9-10-20(21(27)16-19)23-22(18-7-5-17(6-8-18)4-2-1-3-13-37-31(33)34)28-25(38-23)24(32)29-30-11-14-39(35,36)15-12-30/h5-10,16,35-36H,1,3,11-15H2,(H,29,32). The molecule has 0 saturated carbocycles. The van der Waals surface area contributed by atoms with Crippen molar-refractivity contribution in [2.75, 3.05) is 31.2 Å². The number of nitrogens with zero attached hydrogens (tertiary/aromatic N) is 3. The number of halogens is 2. The van der Waals surface area contributed by atoms with Gasteiger partial charge in [-0.05, 0) is 30.7 Å². The number of carbonyl (C=O) groups is 1. The summed E-state index contributed by atoms with van der Waals surface area (Å²) in [6.07, 6.45) is 0.899. The van der Waals surface area contributed by atoms with E-state index < -0.39 is 21.6 Å². The van der Waals surface area contributed by atoms with Gasteiger partial charge in [-0.3, -0.25) is 19.3 Å². The topological polar surface area (TPSA) is 138 Å². The molecule has 1 fully saturated rings. The maximum Gasteiger partial charge on any atom is 0.294 e. The summed E-state index contributed by atoms with van der Waals surface area (Å²) in [5.74, 6) is 5.97. The van der Waals surface area contributed by atoms with Crippen LogP contribution in [0.2, 0.25) is 10.0 Å². The van der Waals surface area contributed by atoms with Crippen LogP contribution in [-0.4, -0.2) is 61.3 Å². The summed E-state index contributed by atoms with van der Waals surface area (Å²) in [6, 6.07) is 12.5. The van der Waals surface area contributed by atoms with Crippen molar-refractivity contribution in [1.82, 2.24) is 15.4 Å². The second-order valence-electron chi connectivity index (χ2n) is 8.50. The summed E-state index contributed by atoms with van der Waals surface area (Å²) in [6.45, 7) is 0.652. The zero-order valence-corrected chi connectivity index (χ0v) is 23.6. The van der Waals surface area contributed by atoms with E-state index in [2.05, 4.69) is 27.1 Å². The van der Waals surface area contributed by atoms with Gasteiger partial charge in [-0.15, -0.1) is 21.5 Å². The SMILES string of the molecule is O=C(NN1CCS(O)(O)CC1)c1nc(-c2ccc(C#CCCCO[N+](=O)[O-])cc2)c(-c2ccc(Cl)cc2Cl)s1. The fourth-order valence-corrected chi connectivity index (χ4v) is 6.48. The zero-order chi connectivity index (χ0) is 28.0. The van der Waals surface area contributed by atoms with Crippen LogP contribution in [0, 0.1) is 22.0 Å². The lowest BCUT2D eigenvalue weighted by molar-refractivity contribution is -0.757. The Hall–Kier alpha value is -2.89. The van der Waals surface area contributed by atoms with Crippen molar-refractivity contribution < 1.29 is 23.8 Å². The highest BCUT2D eigenvalue weighted by Crippen LogP contribution is 2.42. The molecule has 3 aromatic rings. The van der Waals surface area contributed by atoms with E-state index in [1.165, 1.54) is 11.3 Å². The minimum Gasteiger partial charge on any atom is -0.314 e. The van der Waals surface area contributed by atoms with Crippen LogP contribution in [0.4, 0.5) is 0 Å². The second-order valence-corrected chi connectivity index (χ2v) is 12.8. The minimum atomic E-state index is -2.59. The van der Waals surface area contributed by atoms with Gasteiger partial charge in [0.2, 0.25) is 0 Å². The average molecular weight is 612 g/mol. The highest BCUT2D eigenvalue weighted by atomic mass is 35.5. The van der Waals surface area contributed by atoms with E-state index >= 15 is 0 Å². The van der Waals surface area contributed by atoms with Gasteiger partial charge in [-0.25, -0.2) is 9.99 Å². The van der Waals surface area contributed by atoms with E-state index in [0.29, 0.717) is 52.1 Å². The first-order valence-electron chi connectivity index (χ1n) is 11.7. The molecule has 2 heterocycles. The second kappa shape index (κ2) is 13.0. The van der Waals surface area contributed by atoms with E-state index in [4.69, 9.17) is 23.2 Å². The molecule has 3 N–H and O–H groups in total. The molecule has 1 aliphatic rings. The number of unbranched alkanes of at least 4 members (excludes halogenated alkanes) is 1. The summed E-state index contributed by atoms with van der Waals surface area (Å²) in [4.78, 5) is 32.9. The number of hydrogen-bond acceptors (Lipinski definition) is 9. The Labute approximate surface area is 240 Å². The highest BCUT2D eigenvalue weighted by molar-refractivity contribution is 8.24. The molecule has 39 heavy (non-hydrogen) atoms. The number of amides is 1. The van der Waals surface area contributed by atoms with Gasteiger partial charge in [0.1, 0.15) is 0 Å². The summed E-state index contributed by atoms with van der Waals surface area (Å²) in [7, 11) is -2.59. The van der Waals surface area contributed by atoms with E-state index in [0.717, 1.165) is 11.1 Å². The Kier molecular flexibility index (Phi) is 9.68. The van der Waals surface area contributed by atoms with E-state index in [9.17, 15) is 24.0 Å². The molecule has 0 unspecified atom stereocenters. The van der Waals surface area contributed by atoms with E-state index in [-0.39, 0.29) is 23.1 Å². The average Bonchev–Trinajstić information content (AvgIpc) is 3.33. The van der Waals surface area contributed by atoms with Crippen LogP contribution in [-0.2, 0) is 4.84 Å². The molecule has 0 bridgehead atoms. The summed E-state index contributed by atoms with van der Waals surface area (Å²) < 4.78 is 19.7. The lowest BCUT2D eigenvalue weighted by Crippen LogP contribution is -2.49. The highest BCUT2D eigenvalue weighted by Gasteiger charge is 2.26. The molecule has 206 valence electrons. The number of nitrogens with one attached hydrogen (secondary N) is 1. The van der Waals surface area contributed by atoms with E-state index in [1.54, 1.807) is 23.2 Å². The third-order valence-corrected chi connectivity index (χ3v) is 8.97. The number of benzene rings is 2. The van der Waals surface area contributed by atoms with Gasteiger partial charge in [0.05, 0.1) is 33.7 Å². The molecule has 4 rings (SSSR count). The monoisotopic (exact) mass is 610 g/mol. The number of hydrogen-bond donors (Lipinski definition) is 3. The van der Waals surface area contributed by atoms with Gasteiger partial charge >= 0.3 is 0 Å². The Morgan fingerprint density at radius 3 is 2.59 bits per heavy atom. The minimum absolute atomic E-state index is 0.00116. The number of thiazole rings is 1. The Bertz CT molecular complexity index is 1410. The molecule has 2 aromatic carbocycles.